The molecule has 2 atom stereocenters. The number of rotatable bonds is 2. The Morgan fingerprint density at radius 3 is 3.00 bits per heavy atom. The summed E-state index contributed by atoms with van der Waals surface area (Å²) >= 11 is 1.56. The van der Waals surface area contributed by atoms with Gasteiger partial charge >= 0.3 is 5.97 Å². The molecule has 1 aromatic heterocycles. The summed E-state index contributed by atoms with van der Waals surface area (Å²) in [6.07, 6.45) is 1.75. The molecule has 5 heteroatoms. The lowest BCUT2D eigenvalue weighted by atomic mass is 9.99. The largest absolute Gasteiger partial charge is 0.481 e. The average Bonchev–Trinajstić information content (AvgIpc) is 2.70. The predicted octanol–water partition coefficient (Wildman–Crippen LogP) is 1.30. The molecule has 1 aliphatic heterocycles. The van der Waals surface area contributed by atoms with Crippen LogP contribution in [0.2, 0.25) is 0 Å². The minimum absolute atomic E-state index is 0.205. The van der Waals surface area contributed by atoms with Crippen LogP contribution in [0.25, 0.3) is 0 Å². The van der Waals surface area contributed by atoms with Crippen LogP contribution < -0.4 is 4.90 Å². The van der Waals surface area contributed by atoms with Gasteiger partial charge in [0, 0.05) is 24.7 Å². The first-order valence-electron chi connectivity index (χ1n) is 4.55. The van der Waals surface area contributed by atoms with Gasteiger partial charge in [-0.15, -0.1) is 11.3 Å². The SMILES string of the molecule is CC1CN(c2nccs2)CC1C(=O)O. The molecule has 2 unspecified atom stereocenters. The molecule has 0 amide bonds. The van der Waals surface area contributed by atoms with Crippen molar-refractivity contribution in [1.29, 1.82) is 0 Å². The Labute approximate surface area is 86.2 Å². The first-order valence-corrected chi connectivity index (χ1v) is 5.43. The highest BCUT2D eigenvalue weighted by Gasteiger charge is 2.35. The molecule has 1 saturated heterocycles. The summed E-state index contributed by atoms with van der Waals surface area (Å²) in [5, 5.41) is 11.8. The monoisotopic (exact) mass is 212 g/mol. The number of carbonyl (C=O) groups is 1. The topological polar surface area (TPSA) is 53.4 Å². The number of carboxylic acids is 1. The lowest BCUT2D eigenvalue weighted by Crippen LogP contribution is -2.22. The molecule has 0 bridgehead atoms. The minimum atomic E-state index is -0.698. The van der Waals surface area contributed by atoms with Gasteiger partial charge in [-0.25, -0.2) is 4.98 Å². The molecule has 0 aliphatic carbocycles. The van der Waals surface area contributed by atoms with Crippen molar-refractivity contribution in [3.63, 3.8) is 0 Å². The van der Waals surface area contributed by atoms with E-state index in [1.807, 2.05) is 17.2 Å². The number of aliphatic carboxylic acids is 1. The van der Waals surface area contributed by atoms with Gasteiger partial charge < -0.3 is 10.0 Å². The van der Waals surface area contributed by atoms with Crippen LogP contribution in [0, 0.1) is 11.8 Å². The van der Waals surface area contributed by atoms with Gasteiger partial charge in [0.15, 0.2) is 5.13 Å². The van der Waals surface area contributed by atoms with Crippen LogP contribution >= 0.6 is 11.3 Å². The summed E-state index contributed by atoms with van der Waals surface area (Å²) in [4.78, 5) is 17.1. The lowest BCUT2D eigenvalue weighted by Gasteiger charge is -2.13. The van der Waals surface area contributed by atoms with E-state index in [1.165, 1.54) is 0 Å². The number of anilines is 1. The van der Waals surface area contributed by atoms with E-state index in [2.05, 4.69) is 4.98 Å². The van der Waals surface area contributed by atoms with Gasteiger partial charge in [-0.2, -0.15) is 0 Å². The smallest absolute Gasteiger partial charge is 0.308 e. The molecule has 2 heterocycles. The fraction of sp³-hybridized carbons (Fsp3) is 0.556. The summed E-state index contributed by atoms with van der Waals surface area (Å²) in [5.41, 5.74) is 0. The molecular formula is C9H12N2O2S. The number of hydrogen-bond donors (Lipinski definition) is 1. The van der Waals surface area contributed by atoms with E-state index >= 15 is 0 Å². The van der Waals surface area contributed by atoms with Crippen LogP contribution in [0.3, 0.4) is 0 Å². The zero-order valence-corrected chi connectivity index (χ0v) is 8.70. The molecule has 4 nitrogen and oxygen atoms in total. The van der Waals surface area contributed by atoms with Gasteiger partial charge in [0.1, 0.15) is 0 Å². The Morgan fingerprint density at radius 2 is 2.50 bits per heavy atom. The molecule has 0 saturated carbocycles. The van der Waals surface area contributed by atoms with E-state index in [4.69, 9.17) is 5.11 Å². The Hall–Kier alpha value is -1.10. The third kappa shape index (κ3) is 1.59. The van der Waals surface area contributed by atoms with Crippen molar-refractivity contribution in [3.8, 4) is 0 Å². The molecule has 0 aromatic carbocycles. The standard InChI is InChI=1S/C9H12N2O2S/c1-6-4-11(5-7(6)8(12)13)9-10-2-3-14-9/h2-3,6-7H,4-5H2,1H3,(H,12,13). The van der Waals surface area contributed by atoms with Crippen molar-refractivity contribution in [2.45, 2.75) is 6.92 Å². The van der Waals surface area contributed by atoms with Crippen LogP contribution in [0.4, 0.5) is 5.13 Å². The summed E-state index contributed by atoms with van der Waals surface area (Å²) in [6.45, 7) is 3.36. The molecule has 1 aromatic rings. The molecule has 1 aliphatic rings. The second kappa shape index (κ2) is 3.57. The second-order valence-electron chi connectivity index (χ2n) is 3.64. The van der Waals surface area contributed by atoms with Crippen molar-refractivity contribution in [2.24, 2.45) is 11.8 Å². The third-order valence-electron chi connectivity index (χ3n) is 2.62. The maximum Gasteiger partial charge on any atom is 0.308 e. The first kappa shape index (κ1) is 9.45. The Morgan fingerprint density at radius 1 is 1.71 bits per heavy atom. The van der Waals surface area contributed by atoms with Gasteiger partial charge in [0.2, 0.25) is 0 Å². The highest BCUT2D eigenvalue weighted by atomic mass is 32.1. The van der Waals surface area contributed by atoms with E-state index in [0.717, 1.165) is 11.7 Å². The summed E-state index contributed by atoms with van der Waals surface area (Å²) < 4.78 is 0. The Bertz CT molecular complexity index is 326. The fourth-order valence-corrected chi connectivity index (χ4v) is 2.48. The molecule has 1 N–H and O–H groups in total. The highest BCUT2D eigenvalue weighted by Crippen LogP contribution is 2.29. The maximum absolute atomic E-state index is 10.9. The Balaban J connectivity index is 2.10. The van der Waals surface area contributed by atoms with Crippen molar-refractivity contribution in [2.75, 3.05) is 18.0 Å². The Kier molecular flexibility index (Phi) is 2.41. The average molecular weight is 212 g/mol. The number of hydrogen-bond acceptors (Lipinski definition) is 4. The quantitative estimate of drug-likeness (QED) is 0.802. The van der Waals surface area contributed by atoms with E-state index in [1.54, 1.807) is 17.5 Å². The molecular weight excluding hydrogens is 200 g/mol. The van der Waals surface area contributed by atoms with Crippen molar-refractivity contribution in [3.05, 3.63) is 11.6 Å². The number of aromatic nitrogens is 1. The van der Waals surface area contributed by atoms with Crippen LogP contribution in [-0.2, 0) is 4.79 Å². The van der Waals surface area contributed by atoms with Gasteiger partial charge in [0.05, 0.1) is 5.92 Å². The maximum atomic E-state index is 10.9. The van der Waals surface area contributed by atoms with E-state index in [9.17, 15) is 4.79 Å². The second-order valence-corrected chi connectivity index (χ2v) is 4.51. The fourth-order valence-electron chi connectivity index (χ4n) is 1.82. The zero-order chi connectivity index (χ0) is 10.1. The summed E-state index contributed by atoms with van der Waals surface area (Å²) in [7, 11) is 0. The van der Waals surface area contributed by atoms with Crippen molar-refractivity contribution in [1.82, 2.24) is 4.98 Å². The van der Waals surface area contributed by atoms with Crippen LogP contribution in [0.15, 0.2) is 11.6 Å². The predicted molar refractivity (Wildman–Crippen MR) is 54.6 cm³/mol. The van der Waals surface area contributed by atoms with Crippen LogP contribution in [0.5, 0.6) is 0 Å². The highest BCUT2D eigenvalue weighted by molar-refractivity contribution is 7.13. The van der Waals surface area contributed by atoms with E-state index in [0.29, 0.717) is 6.54 Å². The van der Waals surface area contributed by atoms with Gasteiger partial charge in [-0.05, 0) is 5.92 Å². The van der Waals surface area contributed by atoms with E-state index in [-0.39, 0.29) is 11.8 Å². The van der Waals surface area contributed by atoms with Gasteiger partial charge in [0.25, 0.3) is 0 Å². The van der Waals surface area contributed by atoms with Crippen LogP contribution in [0.1, 0.15) is 6.92 Å². The van der Waals surface area contributed by atoms with Gasteiger partial charge in [-0.1, -0.05) is 6.92 Å². The molecule has 0 radical (unpaired) electrons. The molecule has 1 fully saturated rings. The normalized spacial score (nSPS) is 26.8. The lowest BCUT2D eigenvalue weighted by molar-refractivity contribution is -0.142. The number of carboxylic acid groups (broad SMARTS) is 1. The zero-order valence-electron chi connectivity index (χ0n) is 7.88. The number of thiazole rings is 1. The van der Waals surface area contributed by atoms with Crippen molar-refractivity contribution >= 4 is 22.4 Å². The van der Waals surface area contributed by atoms with E-state index < -0.39 is 5.97 Å². The minimum Gasteiger partial charge on any atom is -0.481 e. The molecule has 14 heavy (non-hydrogen) atoms. The summed E-state index contributed by atoms with van der Waals surface area (Å²) in [6, 6.07) is 0. The molecule has 76 valence electrons. The van der Waals surface area contributed by atoms with Crippen molar-refractivity contribution < 1.29 is 9.90 Å². The number of nitrogens with zero attached hydrogens (tertiary/aromatic N) is 2. The third-order valence-corrected chi connectivity index (χ3v) is 3.45. The molecule has 0 spiro atoms. The first-order chi connectivity index (χ1) is 6.68. The van der Waals surface area contributed by atoms with Crippen LogP contribution in [-0.4, -0.2) is 29.1 Å². The molecule has 2 rings (SSSR count). The summed E-state index contributed by atoms with van der Waals surface area (Å²) in [5.74, 6) is -0.744. The van der Waals surface area contributed by atoms with Gasteiger partial charge in [-0.3, -0.25) is 4.79 Å².